The van der Waals surface area contributed by atoms with Crippen molar-refractivity contribution in [2.24, 2.45) is 5.92 Å². The SMILES string of the molecule is CCOC(=O)c1sc(CC2CCCN2)nc1CC(C)C. The Morgan fingerprint density at radius 1 is 1.55 bits per heavy atom. The fraction of sp³-hybridized carbons (Fsp3) is 0.733. The molecule has 1 N–H and O–H groups in total. The molecule has 0 radical (unpaired) electrons. The lowest BCUT2D eigenvalue weighted by Crippen LogP contribution is -2.23. The number of nitrogens with zero attached hydrogens (tertiary/aromatic N) is 1. The first-order chi connectivity index (χ1) is 9.60. The third-order valence-electron chi connectivity index (χ3n) is 3.39. The normalized spacial score (nSPS) is 18.7. The van der Waals surface area contributed by atoms with Gasteiger partial charge in [-0.1, -0.05) is 13.8 Å². The van der Waals surface area contributed by atoms with Crippen molar-refractivity contribution in [3.05, 3.63) is 15.6 Å². The lowest BCUT2D eigenvalue weighted by Gasteiger charge is -2.06. The van der Waals surface area contributed by atoms with Crippen LogP contribution in [0.4, 0.5) is 0 Å². The van der Waals surface area contributed by atoms with Crippen LogP contribution >= 0.6 is 11.3 Å². The molecular weight excluding hydrogens is 272 g/mol. The number of rotatable bonds is 6. The van der Waals surface area contributed by atoms with E-state index in [9.17, 15) is 4.79 Å². The average molecular weight is 296 g/mol. The molecule has 4 nitrogen and oxygen atoms in total. The molecule has 1 aliphatic rings. The Labute approximate surface area is 124 Å². The molecule has 1 aliphatic heterocycles. The zero-order valence-corrected chi connectivity index (χ0v) is 13.4. The van der Waals surface area contributed by atoms with E-state index >= 15 is 0 Å². The van der Waals surface area contributed by atoms with Crippen LogP contribution in [0.2, 0.25) is 0 Å². The highest BCUT2D eigenvalue weighted by molar-refractivity contribution is 7.13. The highest BCUT2D eigenvalue weighted by atomic mass is 32.1. The molecule has 2 heterocycles. The molecule has 0 aliphatic carbocycles. The zero-order valence-electron chi connectivity index (χ0n) is 12.6. The summed E-state index contributed by atoms with van der Waals surface area (Å²) in [5, 5.41) is 4.54. The van der Waals surface area contributed by atoms with E-state index in [1.807, 2.05) is 6.92 Å². The van der Waals surface area contributed by atoms with Crippen LogP contribution in [0.3, 0.4) is 0 Å². The Bertz CT molecular complexity index is 451. The van der Waals surface area contributed by atoms with Crippen LogP contribution < -0.4 is 5.32 Å². The molecule has 0 spiro atoms. The van der Waals surface area contributed by atoms with E-state index < -0.39 is 0 Å². The standard InChI is InChI=1S/C15H24N2O2S/c1-4-19-15(18)14-12(8-10(2)3)17-13(20-14)9-11-6-5-7-16-11/h10-11,16H,4-9H2,1-3H3. The van der Waals surface area contributed by atoms with Crippen LogP contribution in [-0.4, -0.2) is 30.1 Å². The first kappa shape index (κ1) is 15.4. The Hall–Kier alpha value is -0.940. The smallest absolute Gasteiger partial charge is 0.350 e. The van der Waals surface area contributed by atoms with E-state index in [1.165, 1.54) is 24.2 Å². The summed E-state index contributed by atoms with van der Waals surface area (Å²) in [6.07, 6.45) is 4.20. The Morgan fingerprint density at radius 3 is 2.95 bits per heavy atom. The van der Waals surface area contributed by atoms with Crippen molar-refractivity contribution >= 4 is 17.3 Å². The fourth-order valence-electron chi connectivity index (χ4n) is 2.51. The van der Waals surface area contributed by atoms with Gasteiger partial charge >= 0.3 is 5.97 Å². The largest absolute Gasteiger partial charge is 0.462 e. The van der Waals surface area contributed by atoms with Crippen molar-refractivity contribution in [1.82, 2.24) is 10.3 Å². The highest BCUT2D eigenvalue weighted by Gasteiger charge is 2.22. The second-order valence-corrected chi connectivity index (χ2v) is 6.78. The van der Waals surface area contributed by atoms with Crippen LogP contribution in [0, 0.1) is 5.92 Å². The molecule has 0 bridgehead atoms. The van der Waals surface area contributed by atoms with Crippen molar-refractivity contribution in [2.75, 3.05) is 13.2 Å². The van der Waals surface area contributed by atoms with E-state index in [1.54, 1.807) is 0 Å². The van der Waals surface area contributed by atoms with Crippen molar-refractivity contribution in [2.45, 2.75) is 52.5 Å². The molecule has 1 aromatic rings. The molecule has 1 aromatic heterocycles. The number of aromatic nitrogens is 1. The molecule has 0 aromatic carbocycles. The highest BCUT2D eigenvalue weighted by Crippen LogP contribution is 2.24. The molecule has 1 saturated heterocycles. The predicted molar refractivity (Wildman–Crippen MR) is 81.3 cm³/mol. The van der Waals surface area contributed by atoms with Crippen LogP contribution in [0.5, 0.6) is 0 Å². The molecule has 0 amide bonds. The summed E-state index contributed by atoms with van der Waals surface area (Å²) in [7, 11) is 0. The first-order valence-electron chi connectivity index (χ1n) is 7.49. The maximum Gasteiger partial charge on any atom is 0.350 e. The summed E-state index contributed by atoms with van der Waals surface area (Å²) >= 11 is 1.51. The summed E-state index contributed by atoms with van der Waals surface area (Å²) in [5.41, 5.74) is 0.913. The summed E-state index contributed by atoms with van der Waals surface area (Å²) in [5.74, 6) is 0.272. The van der Waals surface area contributed by atoms with E-state index in [-0.39, 0.29) is 5.97 Å². The lowest BCUT2D eigenvalue weighted by atomic mass is 10.1. The molecule has 112 valence electrons. The molecule has 2 rings (SSSR count). The number of ether oxygens (including phenoxy) is 1. The van der Waals surface area contributed by atoms with Gasteiger partial charge in [0.1, 0.15) is 4.88 Å². The van der Waals surface area contributed by atoms with E-state index in [0.29, 0.717) is 23.4 Å². The van der Waals surface area contributed by atoms with Crippen LogP contribution in [-0.2, 0) is 17.6 Å². The minimum Gasteiger partial charge on any atom is -0.462 e. The zero-order chi connectivity index (χ0) is 14.5. The first-order valence-corrected chi connectivity index (χ1v) is 8.30. The van der Waals surface area contributed by atoms with Crippen LogP contribution in [0.25, 0.3) is 0 Å². The van der Waals surface area contributed by atoms with Gasteiger partial charge in [0, 0.05) is 12.5 Å². The van der Waals surface area contributed by atoms with E-state index in [0.717, 1.165) is 30.1 Å². The van der Waals surface area contributed by atoms with Gasteiger partial charge in [-0.15, -0.1) is 11.3 Å². The molecule has 1 fully saturated rings. The third-order valence-corrected chi connectivity index (χ3v) is 4.49. The monoisotopic (exact) mass is 296 g/mol. The summed E-state index contributed by atoms with van der Waals surface area (Å²) in [4.78, 5) is 17.4. The van der Waals surface area contributed by atoms with Gasteiger partial charge in [-0.05, 0) is 38.6 Å². The quantitative estimate of drug-likeness (QED) is 0.820. The van der Waals surface area contributed by atoms with Crippen molar-refractivity contribution in [1.29, 1.82) is 0 Å². The Balaban J connectivity index is 2.14. The summed E-state index contributed by atoms with van der Waals surface area (Å²) in [6, 6.07) is 0.517. The third kappa shape index (κ3) is 4.03. The van der Waals surface area contributed by atoms with Gasteiger partial charge in [-0.2, -0.15) is 0 Å². The number of esters is 1. The topological polar surface area (TPSA) is 51.2 Å². The van der Waals surface area contributed by atoms with Gasteiger partial charge in [-0.3, -0.25) is 0 Å². The number of thiazole rings is 1. The van der Waals surface area contributed by atoms with Crippen molar-refractivity contribution < 1.29 is 9.53 Å². The Morgan fingerprint density at radius 2 is 2.35 bits per heavy atom. The van der Waals surface area contributed by atoms with Gasteiger partial charge in [0.25, 0.3) is 0 Å². The maximum atomic E-state index is 12.0. The second-order valence-electron chi connectivity index (χ2n) is 5.70. The van der Waals surface area contributed by atoms with Gasteiger partial charge in [0.05, 0.1) is 17.3 Å². The fourth-order valence-corrected chi connectivity index (χ4v) is 3.58. The number of carbonyl (C=O) groups is 1. The van der Waals surface area contributed by atoms with E-state index in [2.05, 4.69) is 19.2 Å². The number of carbonyl (C=O) groups excluding carboxylic acids is 1. The minimum absolute atomic E-state index is 0.216. The van der Waals surface area contributed by atoms with Gasteiger partial charge in [-0.25, -0.2) is 9.78 Å². The minimum atomic E-state index is -0.216. The summed E-state index contributed by atoms with van der Waals surface area (Å²) in [6.45, 7) is 7.64. The van der Waals surface area contributed by atoms with Crippen LogP contribution in [0.15, 0.2) is 0 Å². The molecule has 1 atom stereocenters. The molecule has 20 heavy (non-hydrogen) atoms. The number of nitrogens with one attached hydrogen (secondary N) is 1. The van der Waals surface area contributed by atoms with Gasteiger partial charge in [0.2, 0.25) is 0 Å². The van der Waals surface area contributed by atoms with Crippen molar-refractivity contribution in [3.63, 3.8) is 0 Å². The molecule has 5 heteroatoms. The molecule has 0 saturated carbocycles. The van der Waals surface area contributed by atoms with Crippen molar-refractivity contribution in [3.8, 4) is 0 Å². The Kier molecular flexibility index (Phi) is 5.54. The van der Waals surface area contributed by atoms with Crippen LogP contribution in [0.1, 0.15) is 54.0 Å². The predicted octanol–water partition coefficient (Wildman–Crippen LogP) is 2.81. The number of hydrogen-bond acceptors (Lipinski definition) is 5. The van der Waals surface area contributed by atoms with Gasteiger partial charge in [0.15, 0.2) is 0 Å². The van der Waals surface area contributed by atoms with E-state index in [4.69, 9.17) is 9.72 Å². The lowest BCUT2D eigenvalue weighted by molar-refractivity contribution is 0.0530. The maximum absolute atomic E-state index is 12.0. The second kappa shape index (κ2) is 7.18. The summed E-state index contributed by atoms with van der Waals surface area (Å²) < 4.78 is 5.15. The average Bonchev–Trinajstić information content (AvgIpc) is 2.99. The molecular formula is C15H24N2O2S. The molecule has 1 unspecified atom stereocenters. The number of hydrogen-bond donors (Lipinski definition) is 1. The van der Waals surface area contributed by atoms with Gasteiger partial charge < -0.3 is 10.1 Å².